The largest absolute Gasteiger partial charge is 0.494 e. The van der Waals surface area contributed by atoms with Gasteiger partial charge in [0, 0.05) is 18.1 Å². The number of carbonyl (C=O) groups excluding carboxylic acids is 1. The third kappa shape index (κ3) is 6.82. The summed E-state index contributed by atoms with van der Waals surface area (Å²) in [5, 5.41) is 14.7. The second-order valence-electron chi connectivity index (χ2n) is 5.69. The van der Waals surface area contributed by atoms with Crippen molar-refractivity contribution >= 4 is 33.7 Å². The van der Waals surface area contributed by atoms with E-state index in [4.69, 9.17) is 4.74 Å². The highest BCUT2D eigenvalue weighted by atomic mass is 79.9. The molecule has 8 heteroatoms. The van der Waals surface area contributed by atoms with Gasteiger partial charge in [0.1, 0.15) is 5.75 Å². The quantitative estimate of drug-likeness (QED) is 0.363. The molecule has 0 bridgehead atoms. The monoisotopic (exact) mass is 433 g/mol. The Morgan fingerprint density at radius 2 is 2.04 bits per heavy atom. The minimum Gasteiger partial charge on any atom is -0.494 e. The molecule has 0 saturated heterocycles. The summed E-state index contributed by atoms with van der Waals surface area (Å²) in [5.41, 5.74) is 4.04. The van der Waals surface area contributed by atoms with E-state index >= 15 is 0 Å². The predicted molar refractivity (Wildman–Crippen MR) is 107 cm³/mol. The smallest absolute Gasteiger partial charge is 0.284 e. The standard InChI is InChI=1S/C19H20BrN3O4/c1-2-27-16-9-6-14(7-10-16)4-3-5-19(24)22-21-13-15-8-11-17(20)18(12-15)23(25)26/h6-13H,2-5H2,1H3,(H,22,24)/b21-13+. The number of aryl methyl sites for hydroxylation is 1. The molecule has 0 aliphatic carbocycles. The number of carbonyl (C=O) groups is 1. The summed E-state index contributed by atoms with van der Waals surface area (Å²) in [6, 6.07) is 12.4. The molecule has 2 aromatic rings. The molecular weight excluding hydrogens is 414 g/mol. The molecule has 0 aromatic heterocycles. The van der Waals surface area contributed by atoms with Crippen LogP contribution in [0.1, 0.15) is 30.9 Å². The van der Waals surface area contributed by atoms with E-state index in [-0.39, 0.29) is 11.6 Å². The van der Waals surface area contributed by atoms with E-state index < -0.39 is 4.92 Å². The summed E-state index contributed by atoms with van der Waals surface area (Å²) in [6.07, 6.45) is 3.19. The van der Waals surface area contributed by atoms with E-state index in [0.29, 0.717) is 29.5 Å². The van der Waals surface area contributed by atoms with E-state index in [0.717, 1.165) is 17.7 Å². The molecule has 27 heavy (non-hydrogen) atoms. The summed E-state index contributed by atoms with van der Waals surface area (Å²) in [7, 11) is 0. The molecule has 1 amide bonds. The van der Waals surface area contributed by atoms with Crippen LogP contribution in [0.3, 0.4) is 0 Å². The fraction of sp³-hybridized carbons (Fsp3) is 0.263. The van der Waals surface area contributed by atoms with Crippen LogP contribution in [0, 0.1) is 10.1 Å². The number of nitrogens with one attached hydrogen (secondary N) is 1. The number of hydrogen-bond acceptors (Lipinski definition) is 5. The maximum absolute atomic E-state index is 11.8. The molecule has 0 unspecified atom stereocenters. The first kappa shape index (κ1) is 20.6. The van der Waals surface area contributed by atoms with Gasteiger partial charge in [-0.05, 0) is 59.5 Å². The molecular formula is C19H20BrN3O4. The number of hydrogen-bond donors (Lipinski definition) is 1. The predicted octanol–water partition coefficient (Wildman–Crippen LogP) is 4.23. The van der Waals surface area contributed by atoms with Crippen LogP contribution in [-0.4, -0.2) is 23.7 Å². The number of nitrogens with zero attached hydrogens (tertiary/aromatic N) is 2. The van der Waals surface area contributed by atoms with E-state index in [1.807, 2.05) is 31.2 Å². The summed E-state index contributed by atoms with van der Waals surface area (Å²) in [6.45, 7) is 2.57. The SMILES string of the molecule is CCOc1ccc(CCCC(=O)N/N=C/c2ccc(Br)c([N+](=O)[O-])c2)cc1. The van der Waals surface area contributed by atoms with Crippen molar-refractivity contribution in [3.8, 4) is 5.75 Å². The lowest BCUT2D eigenvalue weighted by Crippen LogP contribution is -2.17. The van der Waals surface area contributed by atoms with Crippen LogP contribution in [0.5, 0.6) is 5.75 Å². The maximum Gasteiger partial charge on any atom is 0.284 e. The number of hydrazone groups is 1. The van der Waals surface area contributed by atoms with Crippen LogP contribution < -0.4 is 10.2 Å². The lowest BCUT2D eigenvalue weighted by Gasteiger charge is -2.05. The van der Waals surface area contributed by atoms with Crippen molar-refractivity contribution in [3.63, 3.8) is 0 Å². The van der Waals surface area contributed by atoms with E-state index in [9.17, 15) is 14.9 Å². The molecule has 0 atom stereocenters. The summed E-state index contributed by atoms with van der Waals surface area (Å²) in [4.78, 5) is 22.2. The minimum absolute atomic E-state index is 0.0550. The maximum atomic E-state index is 11.8. The Morgan fingerprint density at radius 3 is 2.70 bits per heavy atom. The van der Waals surface area contributed by atoms with Crippen LogP contribution in [0.2, 0.25) is 0 Å². The van der Waals surface area contributed by atoms with Gasteiger partial charge in [-0.2, -0.15) is 5.10 Å². The third-order valence-corrected chi connectivity index (χ3v) is 4.34. The van der Waals surface area contributed by atoms with Crippen LogP contribution in [-0.2, 0) is 11.2 Å². The number of benzene rings is 2. The fourth-order valence-electron chi connectivity index (χ4n) is 2.36. The van der Waals surface area contributed by atoms with Crippen molar-refractivity contribution in [3.05, 3.63) is 68.2 Å². The van der Waals surface area contributed by atoms with Crippen molar-refractivity contribution in [1.82, 2.24) is 5.43 Å². The molecule has 0 aliphatic rings. The van der Waals surface area contributed by atoms with Crippen LogP contribution in [0.25, 0.3) is 0 Å². The second kappa shape index (κ2) is 10.4. The van der Waals surface area contributed by atoms with E-state index in [1.54, 1.807) is 12.1 Å². The molecule has 7 nitrogen and oxygen atoms in total. The highest BCUT2D eigenvalue weighted by Crippen LogP contribution is 2.24. The lowest BCUT2D eigenvalue weighted by molar-refractivity contribution is -0.385. The van der Waals surface area contributed by atoms with Crippen molar-refractivity contribution in [2.45, 2.75) is 26.2 Å². The Hall–Kier alpha value is -2.74. The molecule has 0 spiro atoms. The molecule has 0 aliphatic heterocycles. The normalized spacial score (nSPS) is 10.7. The molecule has 2 aromatic carbocycles. The van der Waals surface area contributed by atoms with Crippen LogP contribution in [0.4, 0.5) is 5.69 Å². The highest BCUT2D eigenvalue weighted by Gasteiger charge is 2.11. The first-order valence-corrected chi connectivity index (χ1v) is 9.26. The zero-order chi connectivity index (χ0) is 19.6. The highest BCUT2D eigenvalue weighted by molar-refractivity contribution is 9.10. The summed E-state index contributed by atoms with van der Waals surface area (Å²) >= 11 is 3.12. The molecule has 0 fully saturated rings. The van der Waals surface area contributed by atoms with Gasteiger partial charge in [0.15, 0.2) is 0 Å². The molecule has 0 radical (unpaired) electrons. The van der Waals surface area contributed by atoms with Crippen LogP contribution in [0.15, 0.2) is 52.0 Å². The van der Waals surface area contributed by atoms with E-state index in [2.05, 4.69) is 26.5 Å². The Bertz CT molecular complexity index is 822. The first-order valence-electron chi connectivity index (χ1n) is 8.47. The molecule has 142 valence electrons. The topological polar surface area (TPSA) is 93.8 Å². The van der Waals surface area contributed by atoms with Crippen molar-refractivity contribution in [2.75, 3.05) is 6.61 Å². The Morgan fingerprint density at radius 1 is 1.30 bits per heavy atom. The van der Waals surface area contributed by atoms with Gasteiger partial charge >= 0.3 is 0 Å². The van der Waals surface area contributed by atoms with Crippen molar-refractivity contribution in [2.24, 2.45) is 5.10 Å². The number of amides is 1. The van der Waals surface area contributed by atoms with Crippen LogP contribution >= 0.6 is 15.9 Å². The van der Waals surface area contributed by atoms with Gasteiger partial charge < -0.3 is 4.74 Å². The van der Waals surface area contributed by atoms with Gasteiger partial charge in [-0.3, -0.25) is 14.9 Å². The van der Waals surface area contributed by atoms with Gasteiger partial charge in [-0.1, -0.05) is 18.2 Å². The average molecular weight is 434 g/mol. The lowest BCUT2D eigenvalue weighted by atomic mass is 10.1. The minimum atomic E-state index is -0.485. The number of rotatable bonds is 9. The summed E-state index contributed by atoms with van der Waals surface area (Å²) in [5.74, 6) is 0.630. The number of halogens is 1. The first-order chi connectivity index (χ1) is 13.0. The van der Waals surface area contributed by atoms with Gasteiger partial charge in [-0.25, -0.2) is 5.43 Å². The fourth-order valence-corrected chi connectivity index (χ4v) is 2.75. The second-order valence-corrected chi connectivity index (χ2v) is 6.55. The Balaban J connectivity index is 1.76. The Labute approximate surface area is 165 Å². The number of nitro groups is 1. The molecule has 2 rings (SSSR count). The van der Waals surface area contributed by atoms with E-state index in [1.165, 1.54) is 12.3 Å². The molecule has 0 heterocycles. The zero-order valence-corrected chi connectivity index (χ0v) is 16.4. The Kier molecular flexibility index (Phi) is 7.94. The zero-order valence-electron chi connectivity index (χ0n) is 14.9. The van der Waals surface area contributed by atoms with Crippen molar-refractivity contribution in [1.29, 1.82) is 0 Å². The van der Waals surface area contributed by atoms with Crippen molar-refractivity contribution < 1.29 is 14.5 Å². The number of nitro benzene ring substituents is 1. The molecule has 0 saturated carbocycles. The third-order valence-electron chi connectivity index (χ3n) is 3.67. The summed E-state index contributed by atoms with van der Waals surface area (Å²) < 4.78 is 5.78. The number of ether oxygens (including phenoxy) is 1. The van der Waals surface area contributed by atoms with Gasteiger partial charge in [0.2, 0.25) is 5.91 Å². The molecule has 1 N–H and O–H groups in total. The van der Waals surface area contributed by atoms with Gasteiger partial charge in [0.05, 0.1) is 22.2 Å². The van der Waals surface area contributed by atoms with Gasteiger partial charge in [-0.15, -0.1) is 0 Å². The average Bonchev–Trinajstić information content (AvgIpc) is 2.64. The van der Waals surface area contributed by atoms with Gasteiger partial charge in [0.25, 0.3) is 5.69 Å².